The molecule has 0 radical (unpaired) electrons. The van der Waals surface area contributed by atoms with E-state index in [0.717, 1.165) is 18.3 Å². The van der Waals surface area contributed by atoms with Crippen molar-refractivity contribution in [2.75, 3.05) is 37.7 Å². The quantitative estimate of drug-likeness (QED) is 0.790. The second-order valence-electron chi connectivity index (χ2n) is 4.43. The van der Waals surface area contributed by atoms with Crippen LogP contribution < -0.4 is 11.1 Å². The van der Waals surface area contributed by atoms with Crippen LogP contribution in [0.3, 0.4) is 0 Å². The van der Waals surface area contributed by atoms with Crippen LogP contribution in [0.4, 0.5) is 11.8 Å². The lowest BCUT2D eigenvalue weighted by Gasteiger charge is -2.29. The van der Waals surface area contributed by atoms with E-state index in [-0.39, 0.29) is 0 Å². The van der Waals surface area contributed by atoms with Gasteiger partial charge in [-0.15, -0.1) is 0 Å². The molecular formula is C11H19N5. The minimum absolute atomic E-state index is 0.327. The van der Waals surface area contributed by atoms with Gasteiger partial charge in [0.25, 0.3) is 0 Å². The zero-order chi connectivity index (χ0) is 11.4. The first kappa shape index (κ1) is 11.1. The van der Waals surface area contributed by atoms with Crippen LogP contribution in [0, 0.1) is 5.92 Å². The number of rotatable bonds is 3. The average Bonchev–Trinajstić information content (AvgIpc) is 2.28. The Bertz CT molecular complexity index is 333. The van der Waals surface area contributed by atoms with E-state index in [1.54, 1.807) is 6.20 Å². The number of nitrogens with zero attached hydrogens (tertiary/aromatic N) is 3. The minimum Gasteiger partial charge on any atom is -0.370 e. The topological polar surface area (TPSA) is 67.1 Å². The molecule has 0 unspecified atom stereocenters. The van der Waals surface area contributed by atoms with Crippen LogP contribution in [-0.2, 0) is 0 Å². The highest BCUT2D eigenvalue weighted by molar-refractivity contribution is 5.37. The molecule has 3 N–H and O–H groups in total. The van der Waals surface area contributed by atoms with Crippen LogP contribution in [0.15, 0.2) is 12.3 Å². The molecule has 0 atom stereocenters. The normalized spacial score (nSPS) is 18.6. The molecule has 88 valence electrons. The molecule has 0 amide bonds. The van der Waals surface area contributed by atoms with E-state index in [4.69, 9.17) is 5.73 Å². The number of likely N-dealkylation sites (tertiary alicyclic amines) is 1. The third-order valence-corrected chi connectivity index (χ3v) is 3.08. The number of aromatic nitrogens is 2. The van der Waals surface area contributed by atoms with Gasteiger partial charge in [-0.1, -0.05) is 0 Å². The van der Waals surface area contributed by atoms with E-state index in [1.807, 2.05) is 6.07 Å². The van der Waals surface area contributed by atoms with E-state index in [0.29, 0.717) is 5.95 Å². The predicted octanol–water partition coefficient (Wildman–Crippen LogP) is 0.812. The summed E-state index contributed by atoms with van der Waals surface area (Å²) < 4.78 is 0. The highest BCUT2D eigenvalue weighted by Crippen LogP contribution is 2.16. The number of nitrogens with two attached hydrogens (primary N) is 1. The molecule has 2 heterocycles. The van der Waals surface area contributed by atoms with Crippen molar-refractivity contribution in [2.45, 2.75) is 12.8 Å². The molecule has 0 saturated carbocycles. The molecule has 1 aliphatic rings. The Morgan fingerprint density at radius 3 is 2.94 bits per heavy atom. The number of nitrogens with one attached hydrogen (secondary N) is 1. The first-order valence-corrected chi connectivity index (χ1v) is 5.75. The van der Waals surface area contributed by atoms with Crippen LogP contribution in [0.25, 0.3) is 0 Å². The molecule has 1 aromatic rings. The number of nitrogen functional groups attached to an aromatic ring is 1. The zero-order valence-corrected chi connectivity index (χ0v) is 9.69. The van der Waals surface area contributed by atoms with Gasteiger partial charge < -0.3 is 16.0 Å². The van der Waals surface area contributed by atoms with Crippen LogP contribution in [0.2, 0.25) is 0 Å². The Kier molecular flexibility index (Phi) is 3.56. The smallest absolute Gasteiger partial charge is 0.221 e. The lowest BCUT2D eigenvalue weighted by atomic mass is 9.97. The number of anilines is 2. The summed E-state index contributed by atoms with van der Waals surface area (Å²) in [4.78, 5) is 10.4. The maximum Gasteiger partial charge on any atom is 0.221 e. The van der Waals surface area contributed by atoms with Gasteiger partial charge in [0, 0.05) is 12.7 Å². The first-order chi connectivity index (χ1) is 7.74. The summed E-state index contributed by atoms with van der Waals surface area (Å²) in [5, 5.41) is 3.32. The summed E-state index contributed by atoms with van der Waals surface area (Å²) in [6.07, 6.45) is 4.19. The fourth-order valence-corrected chi connectivity index (χ4v) is 1.99. The third kappa shape index (κ3) is 3.06. The molecule has 0 aliphatic carbocycles. The molecule has 5 nitrogen and oxygen atoms in total. The molecule has 5 heteroatoms. The van der Waals surface area contributed by atoms with Gasteiger partial charge in [-0.3, -0.25) is 0 Å². The number of hydrogen-bond donors (Lipinski definition) is 2. The zero-order valence-electron chi connectivity index (χ0n) is 9.69. The Balaban J connectivity index is 1.79. The van der Waals surface area contributed by atoms with E-state index < -0.39 is 0 Å². The molecule has 0 bridgehead atoms. The Morgan fingerprint density at radius 1 is 1.50 bits per heavy atom. The Hall–Kier alpha value is -1.36. The summed E-state index contributed by atoms with van der Waals surface area (Å²) in [7, 11) is 2.18. The van der Waals surface area contributed by atoms with E-state index in [2.05, 4.69) is 27.2 Å². The van der Waals surface area contributed by atoms with E-state index in [9.17, 15) is 0 Å². The Labute approximate surface area is 96.1 Å². The maximum absolute atomic E-state index is 5.52. The van der Waals surface area contributed by atoms with Gasteiger partial charge in [-0.25, -0.2) is 4.98 Å². The van der Waals surface area contributed by atoms with Gasteiger partial charge in [0.15, 0.2) is 0 Å². The lowest BCUT2D eigenvalue weighted by molar-refractivity contribution is 0.226. The molecule has 0 aromatic carbocycles. The second-order valence-corrected chi connectivity index (χ2v) is 4.43. The van der Waals surface area contributed by atoms with Gasteiger partial charge in [0.1, 0.15) is 5.82 Å². The van der Waals surface area contributed by atoms with Crippen molar-refractivity contribution in [3.05, 3.63) is 12.3 Å². The molecule has 1 aliphatic heterocycles. The highest BCUT2D eigenvalue weighted by atomic mass is 15.1. The third-order valence-electron chi connectivity index (χ3n) is 3.08. The van der Waals surface area contributed by atoms with Gasteiger partial charge in [-0.05, 0) is 45.0 Å². The van der Waals surface area contributed by atoms with E-state index >= 15 is 0 Å². The van der Waals surface area contributed by atoms with Crippen molar-refractivity contribution in [3.8, 4) is 0 Å². The summed E-state index contributed by atoms with van der Waals surface area (Å²) >= 11 is 0. The molecule has 16 heavy (non-hydrogen) atoms. The molecule has 1 aromatic heterocycles. The highest BCUT2D eigenvalue weighted by Gasteiger charge is 2.16. The second kappa shape index (κ2) is 5.12. The summed E-state index contributed by atoms with van der Waals surface area (Å²) in [5.41, 5.74) is 5.52. The summed E-state index contributed by atoms with van der Waals surface area (Å²) in [6, 6.07) is 1.85. The van der Waals surface area contributed by atoms with Crippen LogP contribution in [-0.4, -0.2) is 41.5 Å². The average molecular weight is 221 g/mol. The van der Waals surface area contributed by atoms with Gasteiger partial charge in [0.05, 0.1) is 0 Å². The van der Waals surface area contributed by atoms with Crippen molar-refractivity contribution in [3.63, 3.8) is 0 Å². The van der Waals surface area contributed by atoms with Crippen molar-refractivity contribution >= 4 is 11.8 Å². The monoisotopic (exact) mass is 221 g/mol. The maximum atomic E-state index is 5.52. The van der Waals surface area contributed by atoms with Crippen LogP contribution >= 0.6 is 0 Å². The lowest BCUT2D eigenvalue weighted by Crippen LogP contribution is -2.33. The van der Waals surface area contributed by atoms with E-state index in [1.165, 1.54) is 25.9 Å². The molecule has 0 spiro atoms. The predicted molar refractivity (Wildman–Crippen MR) is 65.2 cm³/mol. The van der Waals surface area contributed by atoms with Gasteiger partial charge in [0.2, 0.25) is 5.95 Å². The van der Waals surface area contributed by atoms with Crippen molar-refractivity contribution in [1.29, 1.82) is 0 Å². The van der Waals surface area contributed by atoms with Gasteiger partial charge >= 0.3 is 0 Å². The summed E-state index contributed by atoms with van der Waals surface area (Å²) in [5.74, 6) is 1.90. The van der Waals surface area contributed by atoms with Crippen molar-refractivity contribution in [1.82, 2.24) is 14.9 Å². The van der Waals surface area contributed by atoms with Crippen molar-refractivity contribution in [2.24, 2.45) is 5.92 Å². The first-order valence-electron chi connectivity index (χ1n) is 5.75. The number of hydrogen-bond acceptors (Lipinski definition) is 5. The minimum atomic E-state index is 0.327. The standard InChI is InChI=1S/C11H19N5/c1-16-6-3-9(4-7-16)8-14-10-2-5-13-11(12)15-10/h2,5,9H,3-4,6-8H2,1H3,(H3,12,13,14,15). The van der Waals surface area contributed by atoms with Crippen molar-refractivity contribution < 1.29 is 0 Å². The molecule has 2 rings (SSSR count). The Morgan fingerprint density at radius 2 is 2.25 bits per heavy atom. The molecular weight excluding hydrogens is 202 g/mol. The summed E-state index contributed by atoms with van der Waals surface area (Å²) in [6.45, 7) is 3.36. The van der Waals surface area contributed by atoms with Crippen LogP contribution in [0.1, 0.15) is 12.8 Å². The molecule has 1 fully saturated rings. The van der Waals surface area contributed by atoms with Gasteiger partial charge in [-0.2, -0.15) is 4.98 Å². The molecule has 1 saturated heterocycles. The fraction of sp³-hybridized carbons (Fsp3) is 0.636. The fourth-order valence-electron chi connectivity index (χ4n) is 1.99. The van der Waals surface area contributed by atoms with Crippen LogP contribution in [0.5, 0.6) is 0 Å². The SMILES string of the molecule is CN1CCC(CNc2ccnc(N)n2)CC1. The largest absolute Gasteiger partial charge is 0.370 e. The number of piperidine rings is 1.